The number of hydrogen-bond donors (Lipinski definition) is 1. The number of imidazole rings is 1. The van der Waals surface area contributed by atoms with Gasteiger partial charge in [0.25, 0.3) is 0 Å². The highest BCUT2D eigenvalue weighted by Gasteiger charge is 2.11. The summed E-state index contributed by atoms with van der Waals surface area (Å²) in [5, 5.41) is 3.69. The molecular weight excluding hydrogens is 386 g/mol. The number of methoxy groups -OCH3 is 1. The zero-order chi connectivity index (χ0) is 20.6. The van der Waals surface area contributed by atoms with E-state index in [0.29, 0.717) is 24.7 Å². The Labute approximate surface area is 175 Å². The highest BCUT2D eigenvalue weighted by Crippen LogP contribution is 2.24. The molecule has 3 rings (SSSR count). The number of amides is 1. The van der Waals surface area contributed by atoms with Crippen molar-refractivity contribution in [1.82, 2.24) is 9.55 Å². The first-order valence-corrected chi connectivity index (χ1v) is 10.3. The summed E-state index contributed by atoms with van der Waals surface area (Å²) >= 11 is 1.40. The second kappa shape index (κ2) is 10.1. The van der Waals surface area contributed by atoms with Gasteiger partial charge in [0.2, 0.25) is 5.91 Å². The van der Waals surface area contributed by atoms with Crippen LogP contribution in [0.3, 0.4) is 0 Å². The van der Waals surface area contributed by atoms with Gasteiger partial charge in [0.15, 0.2) is 5.16 Å². The van der Waals surface area contributed by atoms with E-state index in [1.165, 1.54) is 17.3 Å². The molecule has 0 spiro atoms. The Hall–Kier alpha value is -2.77. The fraction of sp³-hybridized carbons (Fsp3) is 0.273. The van der Waals surface area contributed by atoms with Gasteiger partial charge in [-0.15, -0.1) is 0 Å². The number of rotatable bonds is 9. The predicted molar refractivity (Wildman–Crippen MR) is 116 cm³/mol. The van der Waals surface area contributed by atoms with Gasteiger partial charge in [-0.1, -0.05) is 30.0 Å². The molecule has 0 aliphatic heterocycles. The van der Waals surface area contributed by atoms with Crippen LogP contribution < -0.4 is 10.1 Å². The molecule has 0 aliphatic carbocycles. The highest BCUT2D eigenvalue weighted by molar-refractivity contribution is 7.99. The molecule has 2 aromatic carbocycles. The van der Waals surface area contributed by atoms with E-state index in [9.17, 15) is 4.79 Å². The Morgan fingerprint density at radius 3 is 2.86 bits per heavy atom. The number of aryl methyl sites for hydroxylation is 2. The van der Waals surface area contributed by atoms with E-state index in [4.69, 9.17) is 9.47 Å². The van der Waals surface area contributed by atoms with Crippen molar-refractivity contribution in [3.8, 4) is 11.4 Å². The number of hydrogen-bond acceptors (Lipinski definition) is 5. The molecule has 29 heavy (non-hydrogen) atoms. The van der Waals surface area contributed by atoms with Gasteiger partial charge in [-0.3, -0.25) is 9.36 Å². The fourth-order valence-electron chi connectivity index (χ4n) is 2.79. The number of benzene rings is 2. The van der Waals surface area contributed by atoms with Crippen LogP contribution in [0.25, 0.3) is 5.69 Å². The SMILES string of the molecule is COCCOc1cccc(NC(=O)CSc2nccn2-c2cc(C)ccc2C)c1. The standard InChI is InChI=1S/C22H25N3O3S/c1-16-7-8-17(2)20(13-16)25-10-9-23-22(25)29-15-21(26)24-18-5-4-6-19(14-18)28-12-11-27-3/h4-10,13-14H,11-12,15H2,1-3H3,(H,24,26). The molecule has 1 aromatic heterocycles. The van der Waals surface area contributed by atoms with Gasteiger partial charge in [0.05, 0.1) is 18.0 Å². The number of carbonyl (C=O) groups excluding carboxylic acids is 1. The minimum atomic E-state index is -0.0976. The van der Waals surface area contributed by atoms with Gasteiger partial charge in [-0.25, -0.2) is 4.98 Å². The zero-order valence-electron chi connectivity index (χ0n) is 16.8. The first-order valence-electron chi connectivity index (χ1n) is 9.32. The minimum Gasteiger partial charge on any atom is -0.491 e. The van der Waals surface area contributed by atoms with Crippen molar-refractivity contribution in [2.75, 3.05) is 31.4 Å². The summed E-state index contributed by atoms with van der Waals surface area (Å²) in [6, 6.07) is 13.6. The molecule has 1 heterocycles. The summed E-state index contributed by atoms with van der Waals surface area (Å²) in [6.07, 6.45) is 3.67. The first kappa shape index (κ1) is 21.0. The number of anilines is 1. The molecule has 1 N–H and O–H groups in total. The molecule has 0 aliphatic rings. The van der Waals surface area contributed by atoms with E-state index in [1.54, 1.807) is 19.4 Å². The van der Waals surface area contributed by atoms with E-state index >= 15 is 0 Å². The number of carbonyl (C=O) groups is 1. The van der Waals surface area contributed by atoms with E-state index in [0.717, 1.165) is 16.4 Å². The van der Waals surface area contributed by atoms with Crippen molar-refractivity contribution in [1.29, 1.82) is 0 Å². The third kappa shape index (κ3) is 5.85. The first-order chi connectivity index (χ1) is 14.1. The molecule has 0 atom stereocenters. The van der Waals surface area contributed by atoms with Gasteiger partial charge in [-0.2, -0.15) is 0 Å². The highest BCUT2D eigenvalue weighted by atomic mass is 32.2. The maximum atomic E-state index is 12.4. The summed E-state index contributed by atoms with van der Waals surface area (Å²) in [5.74, 6) is 0.855. The van der Waals surface area contributed by atoms with Gasteiger partial charge >= 0.3 is 0 Å². The summed E-state index contributed by atoms with van der Waals surface area (Å²) in [7, 11) is 1.63. The van der Waals surface area contributed by atoms with Crippen LogP contribution in [-0.4, -0.2) is 41.5 Å². The number of nitrogens with zero attached hydrogens (tertiary/aromatic N) is 2. The van der Waals surface area contributed by atoms with Crippen molar-refractivity contribution in [2.24, 2.45) is 0 Å². The normalized spacial score (nSPS) is 10.7. The molecule has 0 saturated carbocycles. The Bertz CT molecular complexity index is 971. The van der Waals surface area contributed by atoms with E-state index < -0.39 is 0 Å². The van der Waals surface area contributed by atoms with Crippen molar-refractivity contribution in [2.45, 2.75) is 19.0 Å². The lowest BCUT2D eigenvalue weighted by Gasteiger charge is -2.12. The molecule has 0 radical (unpaired) electrons. The molecule has 3 aromatic rings. The molecule has 0 saturated heterocycles. The summed E-state index contributed by atoms with van der Waals surface area (Å²) in [4.78, 5) is 16.8. The third-order valence-corrected chi connectivity index (χ3v) is 5.20. The van der Waals surface area contributed by atoms with E-state index in [-0.39, 0.29) is 11.7 Å². The van der Waals surface area contributed by atoms with Crippen molar-refractivity contribution >= 4 is 23.4 Å². The maximum Gasteiger partial charge on any atom is 0.234 e. The number of thioether (sulfide) groups is 1. The minimum absolute atomic E-state index is 0.0976. The Balaban J connectivity index is 1.60. The van der Waals surface area contributed by atoms with Crippen LogP contribution in [0, 0.1) is 13.8 Å². The van der Waals surface area contributed by atoms with Crippen LogP contribution >= 0.6 is 11.8 Å². The van der Waals surface area contributed by atoms with E-state index in [1.807, 2.05) is 29.0 Å². The zero-order valence-corrected chi connectivity index (χ0v) is 17.7. The lowest BCUT2D eigenvalue weighted by atomic mass is 10.1. The van der Waals surface area contributed by atoms with Gasteiger partial charge in [0.1, 0.15) is 12.4 Å². The van der Waals surface area contributed by atoms with Gasteiger partial charge in [-0.05, 0) is 43.2 Å². The largest absolute Gasteiger partial charge is 0.491 e. The monoisotopic (exact) mass is 411 g/mol. The van der Waals surface area contributed by atoms with Crippen LogP contribution in [-0.2, 0) is 9.53 Å². The van der Waals surface area contributed by atoms with Crippen LogP contribution in [0.5, 0.6) is 5.75 Å². The van der Waals surface area contributed by atoms with Crippen molar-refractivity contribution in [3.63, 3.8) is 0 Å². The molecule has 1 amide bonds. The van der Waals surface area contributed by atoms with Crippen molar-refractivity contribution in [3.05, 3.63) is 66.0 Å². The summed E-state index contributed by atoms with van der Waals surface area (Å²) in [5.41, 5.74) is 4.11. The summed E-state index contributed by atoms with van der Waals surface area (Å²) in [6.45, 7) is 5.11. The summed E-state index contributed by atoms with van der Waals surface area (Å²) < 4.78 is 12.6. The molecular formula is C22H25N3O3S. The average Bonchev–Trinajstić information content (AvgIpc) is 3.17. The predicted octanol–water partition coefficient (Wildman–Crippen LogP) is 4.25. The molecule has 152 valence electrons. The smallest absolute Gasteiger partial charge is 0.234 e. The molecule has 6 nitrogen and oxygen atoms in total. The Morgan fingerprint density at radius 2 is 2.03 bits per heavy atom. The van der Waals surface area contributed by atoms with E-state index in [2.05, 4.69) is 42.3 Å². The lowest BCUT2D eigenvalue weighted by Crippen LogP contribution is -2.14. The molecule has 0 unspecified atom stereocenters. The lowest BCUT2D eigenvalue weighted by molar-refractivity contribution is -0.113. The molecule has 0 bridgehead atoms. The Morgan fingerprint density at radius 1 is 1.17 bits per heavy atom. The Kier molecular flexibility index (Phi) is 7.32. The second-order valence-electron chi connectivity index (χ2n) is 6.58. The van der Waals surface area contributed by atoms with Crippen LogP contribution in [0.15, 0.2) is 60.0 Å². The van der Waals surface area contributed by atoms with Crippen LogP contribution in [0.4, 0.5) is 5.69 Å². The average molecular weight is 412 g/mol. The van der Waals surface area contributed by atoms with Crippen molar-refractivity contribution < 1.29 is 14.3 Å². The third-order valence-electron chi connectivity index (χ3n) is 4.24. The van der Waals surface area contributed by atoms with Gasteiger partial charge < -0.3 is 14.8 Å². The fourth-order valence-corrected chi connectivity index (χ4v) is 3.56. The van der Waals surface area contributed by atoms with Crippen LogP contribution in [0.2, 0.25) is 0 Å². The quantitative estimate of drug-likeness (QED) is 0.421. The second-order valence-corrected chi connectivity index (χ2v) is 7.52. The number of aromatic nitrogens is 2. The number of nitrogens with one attached hydrogen (secondary N) is 1. The maximum absolute atomic E-state index is 12.4. The van der Waals surface area contributed by atoms with Crippen LogP contribution in [0.1, 0.15) is 11.1 Å². The molecule has 7 heteroatoms. The molecule has 0 fully saturated rings. The topological polar surface area (TPSA) is 65.4 Å². The number of ether oxygens (including phenoxy) is 2. The van der Waals surface area contributed by atoms with Gasteiger partial charge in [0, 0.05) is 31.3 Å².